The van der Waals surface area contributed by atoms with Crippen molar-refractivity contribution in [3.05, 3.63) is 0 Å². The van der Waals surface area contributed by atoms with E-state index in [-0.39, 0.29) is 24.9 Å². The van der Waals surface area contributed by atoms with E-state index in [0.717, 1.165) is 13.0 Å². The van der Waals surface area contributed by atoms with E-state index in [1.807, 2.05) is 13.8 Å². The van der Waals surface area contributed by atoms with Gasteiger partial charge < -0.3 is 28.8 Å². The van der Waals surface area contributed by atoms with Crippen LogP contribution in [0, 0.1) is 0 Å². The van der Waals surface area contributed by atoms with Crippen LogP contribution in [0.2, 0.25) is 0 Å². The predicted molar refractivity (Wildman–Crippen MR) is 141 cm³/mol. The lowest BCUT2D eigenvalue weighted by Gasteiger charge is -2.20. The Morgan fingerprint density at radius 1 is 0.471 bits per heavy atom. The molecule has 0 aliphatic heterocycles. The van der Waals surface area contributed by atoms with Crippen LogP contribution in [0.1, 0.15) is 111 Å². The molecule has 0 saturated heterocycles. The lowest BCUT2D eigenvalue weighted by Crippen LogP contribution is -2.27. The smallest absolute Gasteiger partial charge is 0.0781 e. The van der Waals surface area contributed by atoms with Crippen molar-refractivity contribution < 1.29 is 28.8 Å². The van der Waals surface area contributed by atoms with Gasteiger partial charge in [0.05, 0.1) is 64.6 Å². The van der Waals surface area contributed by atoms with Crippen LogP contribution < -0.4 is 0 Å². The minimum absolute atomic E-state index is 0.00116. The Balaban J connectivity index is 3.35. The third kappa shape index (κ3) is 26.4. The van der Waals surface area contributed by atoms with E-state index >= 15 is 0 Å². The molecule has 0 heterocycles. The van der Waals surface area contributed by atoms with Crippen molar-refractivity contribution in [2.45, 2.75) is 129 Å². The summed E-state index contributed by atoms with van der Waals surface area (Å²) in [6.45, 7) is 12.2. The highest BCUT2D eigenvalue weighted by molar-refractivity contribution is 4.56. The highest BCUT2D eigenvalue weighted by Gasteiger charge is 2.10. The molecule has 0 aromatic rings. The molecule has 0 bridgehead atoms. The molecule has 0 fully saturated rings. The van der Waals surface area contributed by atoms with E-state index in [4.69, 9.17) is 28.8 Å². The maximum Gasteiger partial charge on any atom is 0.0781 e. The molecule has 0 rings (SSSR count). The normalized spacial score (nSPS) is 14.4. The summed E-state index contributed by atoms with van der Waals surface area (Å²) in [6.07, 6.45) is 17.9. The number of ether oxygens (including phenoxy) is 5. The quantitative estimate of drug-likeness (QED) is 0.129. The average molecular weight is 491 g/mol. The Hall–Kier alpha value is -0.240. The van der Waals surface area contributed by atoms with E-state index < -0.39 is 0 Å². The summed E-state index contributed by atoms with van der Waals surface area (Å²) in [6, 6.07) is 0. The fourth-order valence-corrected chi connectivity index (χ4v) is 3.69. The number of aliphatic hydroxyl groups excluding tert-OH is 1. The molecule has 0 spiro atoms. The van der Waals surface area contributed by atoms with Crippen LogP contribution in [0.5, 0.6) is 0 Å². The van der Waals surface area contributed by atoms with Gasteiger partial charge in [-0.3, -0.25) is 0 Å². The average Bonchev–Trinajstić information content (AvgIpc) is 2.83. The summed E-state index contributed by atoms with van der Waals surface area (Å²) in [7, 11) is 0. The molecule has 3 atom stereocenters. The van der Waals surface area contributed by atoms with Crippen molar-refractivity contribution in [2.75, 3.05) is 52.9 Å². The van der Waals surface area contributed by atoms with E-state index in [2.05, 4.69) is 13.8 Å². The fourth-order valence-electron chi connectivity index (χ4n) is 3.69. The maximum absolute atomic E-state index is 8.65. The number of rotatable bonds is 28. The zero-order chi connectivity index (χ0) is 25.1. The van der Waals surface area contributed by atoms with Crippen LogP contribution in [0.4, 0.5) is 0 Å². The zero-order valence-corrected chi connectivity index (χ0v) is 23.1. The van der Waals surface area contributed by atoms with Crippen molar-refractivity contribution in [2.24, 2.45) is 0 Å². The SMILES string of the molecule is CCCCCCCCCCCCCCCOCC(C)OCC(C)OCC(C)OCCOCCO. The van der Waals surface area contributed by atoms with Crippen molar-refractivity contribution in [3.8, 4) is 0 Å². The summed E-state index contributed by atoms with van der Waals surface area (Å²) < 4.78 is 28.2. The van der Waals surface area contributed by atoms with Gasteiger partial charge in [0.15, 0.2) is 0 Å². The first kappa shape index (κ1) is 33.8. The minimum atomic E-state index is 0.00116. The first-order valence-electron chi connectivity index (χ1n) is 14.2. The Morgan fingerprint density at radius 2 is 0.941 bits per heavy atom. The van der Waals surface area contributed by atoms with Crippen molar-refractivity contribution in [1.82, 2.24) is 0 Å². The van der Waals surface area contributed by atoms with Gasteiger partial charge >= 0.3 is 0 Å². The summed E-state index contributed by atoms with van der Waals surface area (Å²) in [5, 5.41) is 8.65. The standard InChI is InChI=1S/C28H58O6/c1-5-6-7-8-9-10-11-12-13-14-15-16-17-19-31-23-26(2)33-25-28(4)34-24-27(3)32-22-21-30-20-18-29/h26-29H,5-25H2,1-4H3. The largest absolute Gasteiger partial charge is 0.394 e. The van der Waals surface area contributed by atoms with Crippen molar-refractivity contribution >= 4 is 0 Å². The highest BCUT2D eigenvalue weighted by Crippen LogP contribution is 2.12. The van der Waals surface area contributed by atoms with Gasteiger partial charge in [-0.15, -0.1) is 0 Å². The molecule has 0 saturated carbocycles. The molecular formula is C28H58O6. The van der Waals surface area contributed by atoms with Gasteiger partial charge in [-0.25, -0.2) is 0 Å². The van der Waals surface area contributed by atoms with Crippen LogP contribution in [0.25, 0.3) is 0 Å². The van der Waals surface area contributed by atoms with Crippen molar-refractivity contribution in [1.29, 1.82) is 0 Å². The Bertz CT molecular complexity index is 382. The van der Waals surface area contributed by atoms with Crippen LogP contribution in [-0.2, 0) is 23.7 Å². The van der Waals surface area contributed by atoms with Gasteiger partial charge in [0.1, 0.15) is 0 Å². The first-order chi connectivity index (χ1) is 16.6. The molecule has 0 aromatic carbocycles. The van der Waals surface area contributed by atoms with Gasteiger partial charge in [-0.1, -0.05) is 84.0 Å². The maximum atomic E-state index is 8.65. The molecule has 6 nitrogen and oxygen atoms in total. The van der Waals surface area contributed by atoms with Crippen LogP contribution in [0.15, 0.2) is 0 Å². The second-order valence-electron chi connectivity index (χ2n) is 9.62. The summed E-state index contributed by atoms with van der Waals surface area (Å²) in [4.78, 5) is 0. The van der Waals surface area contributed by atoms with E-state index in [1.165, 1.54) is 77.0 Å². The molecule has 206 valence electrons. The van der Waals surface area contributed by atoms with Crippen molar-refractivity contribution in [3.63, 3.8) is 0 Å². The molecule has 0 amide bonds. The molecule has 6 heteroatoms. The Labute approximate surface area is 211 Å². The monoisotopic (exact) mass is 490 g/mol. The van der Waals surface area contributed by atoms with Gasteiger partial charge in [-0.05, 0) is 27.2 Å². The van der Waals surface area contributed by atoms with Gasteiger partial charge in [0, 0.05) is 6.61 Å². The fraction of sp³-hybridized carbons (Fsp3) is 1.00. The highest BCUT2D eigenvalue weighted by atomic mass is 16.6. The molecule has 0 aliphatic carbocycles. The van der Waals surface area contributed by atoms with E-state index in [0.29, 0.717) is 39.6 Å². The van der Waals surface area contributed by atoms with Crippen LogP contribution >= 0.6 is 0 Å². The zero-order valence-electron chi connectivity index (χ0n) is 23.1. The lowest BCUT2D eigenvalue weighted by atomic mass is 10.0. The molecule has 0 aromatic heterocycles. The molecule has 0 aliphatic rings. The third-order valence-corrected chi connectivity index (χ3v) is 5.84. The summed E-state index contributed by atoms with van der Waals surface area (Å²) in [5.41, 5.74) is 0. The third-order valence-electron chi connectivity index (χ3n) is 5.84. The Morgan fingerprint density at radius 3 is 1.47 bits per heavy atom. The second kappa shape index (κ2) is 27.3. The Kier molecular flexibility index (Phi) is 27.2. The van der Waals surface area contributed by atoms with Gasteiger partial charge in [0.25, 0.3) is 0 Å². The summed E-state index contributed by atoms with van der Waals surface area (Å²) in [5.74, 6) is 0. The first-order valence-corrected chi connectivity index (χ1v) is 14.2. The topological polar surface area (TPSA) is 66.4 Å². The number of hydrogen-bond acceptors (Lipinski definition) is 6. The lowest BCUT2D eigenvalue weighted by molar-refractivity contribution is -0.0847. The van der Waals surface area contributed by atoms with Crippen LogP contribution in [0.3, 0.4) is 0 Å². The van der Waals surface area contributed by atoms with E-state index in [9.17, 15) is 0 Å². The van der Waals surface area contributed by atoms with E-state index in [1.54, 1.807) is 0 Å². The predicted octanol–water partition coefficient (Wildman–Crippen LogP) is 6.32. The number of hydrogen-bond donors (Lipinski definition) is 1. The van der Waals surface area contributed by atoms with Gasteiger partial charge in [-0.2, -0.15) is 0 Å². The molecule has 3 unspecified atom stereocenters. The molecule has 0 radical (unpaired) electrons. The minimum Gasteiger partial charge on any atom is -0.394 e. The summed E-state index contributed by atoms with van der Waals surface area (Å²) >= 11 is 0. The molecule has 34 heavy (non-hydrogen) atoms. The molecule has 1 N–H and O–H groups in total. The second-order valence-corrected chi connectivity index (χ2v) is 9.62. The van der Waals surface area contributed by atoms with Gasteiger partial charge in [0.2, 0.25) is 0 Å². The molecular weight excluding hydrogens is 432 g/mol. The number of unbranched alkanes of at least 4 members (excludes halogenated alkanes) is 12. The van der Waals surface area contributed by atoms with Crippen LogP contribution in [-0.4, -0.2) is 76.3 Å². The number of aliphatic hydroxyl groups is 1.